The molecule has 0 aliphatic heterocycles. The van der Waals surface area contributed by atoms with Gasteiger partial charge in [-0.15, -0.1) is 0 Å². The number of rotatable bonds is 4. The largest absolute Gasteiger partial charge is 0.331 e. The Hall–Kier alpha value is -2.06. The molecule has 0 spiro atoms. The summed E-state index contributed by atoms with van der Waals surface area (Å²) in [5.41, 5.74) is 2.85. The highest BCUT2D eigenvalue weighted by Crippen LogP contribution is 2.28. The zero-order valence-corrected chi connectivity index (χ0v) is 11.7. The first-order valence-electron chi connectivity index (χ1n) is 6.57. The molecule has 3 aromatic rings. The lowest BCUT2D eigenvalue weighted by molar-refractivity contribution is 0.112. The fourth-order valence-electron chi connectivity index (χ4n) is 2.52. The third kappa shape index (κ3) is 2.23. The van der Waals surface area contributed by atoms with Crippen LogP contribution in [-0.4, -0.2) is 10.9 Å². The molecule has 0 atom stereocenters. The number of halogens is 1. The average Bonchev–Trinajstić information content (AvgIpc) is 2.77. The monoisotopic (exact) mass is 283 g/mol. The number of hydrogen-bond donors (Lipinski definition) is 0. The maximum Gasteiger partial charge on any atom is 0.153 e. The van der Waals surface area contributed by atoms with Crippen LogP contribution in [-0.2, 0) is 13.0 Å². The van der Waals surface area contributed by atoms with Crippen LogP contribution in [0.4, 0.5) is 0 Å². The van der Waals surface area contributed by atoms with E-state index in [0.717, 1.165) is 30.2 Å². The van der Waals surface area contributed by atoms with Gasteiger partial charge in [0.15, 0.2) is 6.29 Å². The average molecular weight is 284 g/mol. The van der Waals surface area contributed by atoms with Gasteiger partial charge in [-0.2, -0.15) is 0 Å². The summed E-state index contributed by atoms with van der Waals surface area (Å²) >= 11 is 6.35. The van der Waals surface area contributed by atoms with Crippen LogP contribution in [0.2, 0.25) is 5.15 Å². The number of nitrogens with zero attached hydrogens (tertiary/aromatic N) is 1. The SMILES string of the molecule is O=Cc1c(Cl)n(CCc2ccccc2)c2ccccc12. The van der Waals surface area contributed by atoms with Crippen molar-refractivity contribution in [3.63, 3.8) is 0 Å². The van der Waals surface area contributed by atoms with Crippen molar-refractivity contribution in [3.05, 3.63) is 70.9 Å². The van der Waals surface area contributed by atoms with Gasteiger partial charge in [0, 0.05) is 17.4 Å². The highest BCUT2D eigenvalue weighted by atomic mass is 35.5. The fraction of sp³-hybridized carbons (Fsp3) is 0.118. The van der Waals surface area contributed by atoms with E-state index in [4.69, 9.17) is 11.6 Å². The maximum absolute atomic E-state index is 11.2. The minimum Gasteiger partial charge on any atom is -0.331 e. The standard InChI is InChI=1S/C17H14ClNO/c18-17-15(12-20)14-8-4-5-9-16(14)19(17)11-10-13-6-2-1-3-7-13/h1-9,12H,10-11H2. The fourth-order valence-corrected chi connectivity index (χ4v) is 2.84. The molecular formula is C17H14ClNO. The van der Waals surface area contributed by atoms with Gasteiger partial charge in [-0.05, 0) is 18.1 Å². The van der Waals surface area contributed by atoms with Crippen molar-refractivity contribution >= 4 is 28.8 Å². The number of fused-ring (bicyclic) bond motifs is 1. The molecule has 3 rings (SSSR count). The number of aromatic nitrogens is 1. The van der Waals surface area contributed by atoms with Crippen LogP contribution >= 0.6 is 11.6 Å². The lowest BCUT2D eigenvalue weighted by atomic mass is 10.1. The highest BCUT2D eigenvalue weighted by molar-refractivity contribution is 6.34. The topological polar surface area (TPSA) is 22.0 Å². The number of aryl methyl sites for hydroxylation is 2. The molecule has 0 aliphatic carbocycles. The van der Waals surface area contributed by atoms with Crippen LogP contribution in [0, 0.1) is 0 Å². The van der Waals surface area contributed by atoms with Crippen molar-refractivity contribution in [2.45, 2.75) is 13.0 Å². The van der Waals surface area contributed by atoms with Gasteiger partial charge in [-0.3, -0.25) is 4.79 Å². The zero-order valence-electron chi connectivity index (χ0n) is 10.9. The van der Waals surface area contributed by atoms with E-state index < -0.39 is 0 Å². The highest BCUT2D eigenvalue weighted by Gasteiger charge is 2.14. The molecule has 0 saturated heterocycles. The van der Waals surface area contributed by atoms with Gasteiger partial charge in [0.2, 0.25) is 0 Å². The van der Waals surface area contributed by atoms with E-state index in [0.29, 0.717) is 10.7 Å². The molecule has 0 N–H and O–H groups in total. The number of hydrogen-bond acceptors (Lipinski definition) is 1. The molecule has 0 amide bonds. The van der Waals surface area contributed by atoms with Crippen LogP contribution in [0.25, 0.3) is 10.9 Å². The number of aldehydes is 1. The first-order chi connectivity index (χ1) is 9.81. The molecule has 20 heavy (non-hydrogen) atoms. The minimum absolute atomic E-state index is 0.525. The lowest BCUT2D eigenvalue weighted by Crippen LogP contribution is -2.01. The third-order valence-corrected chi connectivity index (χ3v) is 3.94. The molecular weight excluding hydrogens is 270 g/mol. The Bertz CT molecular complexity index is 746. The van der Waals surface area contributed by atoms with E-state index in [1.54, 1.807) is 0 Å². The van der Waals surface area contributed by atoms with Crippen molar-refractivity contribution in [3.8, 4) is 0 Å². The van der Waals surface area contributed by atoms with Crippen LogP contribution in [0.15, 0.2) is 54.6 Å². The molecule has 100 valence electrons. The summed E-state index contributed by atoms with van der Waals surface area (Å²) in [6, 6.07) is 18.1. The molecule has 1 aromatic heterocycles. The third-order valence-electron chi connectivity index (χ3n) is 3.53. The van der Waals surface area contributed by atoms with Crippen molar-refractivity contribution < 1.29 is 4.79 Å². The van der Waals surface area contributed by atoms with Gasteiger partial charge in [-0.1, -0.05) is 60.1 Å². The number of carbonyl (C=O) groups excluding carboxylic acids is 1. The van der Waals surface area contributed by atoms with Crippen LogP contribution in [0.1, 0.15) is 15.9 Å². The quantitative estimate of drug-likeness (QED) is 0.653. The predicted octanol–water partition coefficient (Wildman–Crippen LogP) is 4.35. The Labute approximate surface area is 122 Å². The molecule has 0 unspecified atom stereocenters. The second kappa shape index (κ2) is 5.51. The second-order valence-corrected chi connectivity index (χ2v) is 5.08. The smallest absolute Gasteiger partial charge is 0.153 e. The Morgan fingerprint density at radius 3 is 2.45 bits per heavy atom. The lowest BCUT2D eigenvalue weighted by Gasteiger charge is -2.07. The molecule has 2 aromatic carbocycles. The van der Waals surface area contributed by atoms with Crippen LogP contribution in [0.3, 0.4) is 0 Å². The van der Waals surface area contributed by atoms with E-state index in [1.807, 2.05) is 47.0 Å². The second-order valence-electron chi connectivity index (χ2n) is 4.73. The zero-order chi connectivity index (χ0) is 13.9. The molecule has 0 bridgehead atoms. The Morgan fingerprint density at radius 2 is 1.70 bits per heavy atom. The van der Waals surface area contributed by atoms with Gasteiger partial charge in [0.1, 0.15) is 5.15 Å². The van der Waals surface area contributed by atoms with E-state index in [2.05, 4.69) is 12.1 Å². The summed E-state index contributed by atoms with van der Waals surface area (Å²) in [5.74, 6) is 0. The first-order valence-corrected chi connectivity index (χ1v) is 6.95. The van der Waals surface area contributed by atoms with Gasteiger partial charge in [-0.25, -0.2) is 0 Å². The summed E-state index contributed by atoms with van der Waals surface area (Å²) in [6.07, 6.45) is 1.72. The van der Waals surface area contributed by atoms with E-state index >= 15 is 0 Å². The molecule has 2 nitrogen and oxygen atoms in total. The summed E-state index contributed by atoms with van der Waals surface area (Å²) in [5, 5.41) is 1.44. The van der Waals surface area contributed by atoms with Crippen molar-refractivity contribution in [1.29, 1.82) is 0 Å². The Morgan fingerprint density at radius 1 is 1.00 bits per heavy atom. The molecule has 0 fully saturated rings. The molecule has 0 aliphatic rings. The molecule has 0 radical (unpaired) electrons. The van der Waals surface area contributed by atoms with E-state index in [9.17, 15) is 4.79 Å². The summed E-state index contributed by atoms with van der Waals surface area (Å²) in [7, 11) is 0. The van der Waals surface area contributed by atoms with Gasteiger partial charge < -0.3 is 4.57 Å². The van der Waals surface area contributed by atoms with Gasteiger partial charge >= 0.3 is 0 Å². The van der Waals surface area contributed by atoms with Crippen LogP contribution in [0.5, 0.6) is 0 Å². The predicted molar refractivity (Wildman–Crippen MR) is 82.5 cm³/mol. The molecule has 1 heterocycles. The van der Waals surface area contributed by atoms with E-state index in [-0.39, 0.29) is 0 Å². The normalized spacial score (nSPS) is 10.8. The van der Waals surface area contributed by atoms with Crippen LogP contribution < -0.4 is 0 Å². The summed E-state index contributed by atoms with van der Waals surface area (Å²) < 4.78 is 2.01. The summed E-state index contributed by atoms with van der Waals surface area (Å²) in [6.45, 7) is 0.761. The van der Waals surface area contributed by atoms with Crippen molar-refractivity contribution in [2.75, 3.05) is 0 Å². The van der Waals surface area contributed by atoms with Gasteiger partial charge in [0.25, 0.3) is 0 Å². The maximum atomic E-state index is 11.2. The van der Waals surface area contributed by atoms with E-state index in [1.165, 1.54) is 5.56 Å². The Kier molecular flexibility index (Phi) is 3.57. The van der Waals surface area contributed by atoms with Crippen molar-refractivity contribution in [2.24, 2.45) is 0 Å². The molecule has 0 saturated carbocycles. The summed E-state index contributed by atoms with van der Waals surface area (Å²) in [4.78, 5) is 11.2. The first kappa shape index (κ1) is 12.9. The van der Waals surface area contributed by atoms with Gasteiger partial charge in [0.05, 0.1) is 5.56 Å². The Balaban J connectivity index is 1.99. The molecule has 3 heteroatoms. The van der Waals surface area contributed by atoms with Crippen molar-refractivity contribution in [1.82, 2.24) is 4.57 Å². The number of para-hydroxylation sites is 1. The number of benzene rings is 2. The minimum atomic E-state index is 0.525. The number of carbonyl (C=O) groups is 1.